The third-order valence-electron chi connectivity index (χ3n) is 3.36. The molecule has 1 unspecified atom stereocenters. The van der Waals surface area contributed by atoms with Crippen molar-refractivity contribution in [3.8, 4) is 0 Å². The van der Waals surface area contributed by atoms with Gasteiger partial charge in [0.15, 0.2) is 0 Å². The smallest absolute Gasteiger partial charge is 0.319 e. The van der Waals surface area contributed by atoms with Crippen molar-refractivity contribution in [2.45, 2.75) is 44.6 Å². The number of aromatic amines is 1. The van der Waals surface area contributed by atoms with Crippen molar-refractivity contribution < 1.29 is 4.79 Å². The van der Waals surface area contributed by atoms with Crippen LogP contribution in [0.2, 0.25) is 0 Å². The van der Waals surface area contributed by atoms with E-state index in [0.717, 1.165) is 40.7 Å². The fourth-order valence-electron chi connectivity index (χ4n) is 2.20. The molecule has 0 radical (unpaired) electrons. The monoisotopic (exact) mass is 332 g/mol. The molecule has 0 aliphatic carbocycles. The molecule has 2 rings (SSSR count). The highest BCUT2D eigenvalue weighted by molar-refractivity contribution is 7.99. The minimum atomic E-state index is -0.213. The number of thioether (sulfide) groups is 1. The highest BCUT2D eigenvalue weighted by Crippen LogP contribution is 2.27. The van der Waals surface area contributed by atoms with Crippen LogP contribution in [0.1, 0.15) is 44.2 Å². The number of aryl methyl sites for hydroxylation is 1. The molecule has 0 spiro atoms. The highest BCUT2D eigenvalue weighted by atomic mass is 32.2. The number of para-hydroxylation sites is 1. The van der Waals surface area contributed by atoms with Crippen LogP contribution in [0, 0.1) is 6.92 Å². The van der Waals surface area contributed by atoms with Gasteiger partial charge in [-0.2, -0.15) is 0 Å². The lowest BCUT2D eigenvalue weighted by atomic mass is 10.2. The Kier molecular flexibility index (Phi) is 6.52. The Morgan fingerprint density at radius 1 is 1.35 bits per heavy atom. The predicted molar refractivity (Wildman–Crippen MR) is 96.0 cm³/mol. The van der Waals surface area contributed by atoms with Gasteiger partial charge >= 0.3 is 6.03 Å². The molecule has 1 heterocycles. The van der Waals surface area contributed by atoms with E-state index in [-0.39, 0.29) is 12.1 Å². The van der Waals surface area contributed by atoms with Gasteiger partial charge in [0.05, 0.1) is 11.7 Å². The summed E-state index contributed by atoms with van der Waals surface area (Å²) >= 11 is 1.75. The lowest BCUT2D eigenvalue weighted by Gasteiger charge is -2.16. The number of nitrogens with zero attached hydrogens (tertiary/aromatic N) is 1. The van der Waals surface area contributed by atoms with Gasteiger partial charge in [0.1, 0.15) is 5.82 Å². The van der Waals surface area contributed by atoms with Crippen LogP contribution < -0.4 is 10.6 Å². The average Bonchev–Trinajstić information content (AvgIpc) is 2.98. The second kappa shape index (κ2) is 8.62. The van der Waals surface area contributed by atoms with Crippen LogP contribution in [-0.4, -0.2) is 21.8 Å². The van der Waals surface area contributed by atoms with Crippen LogP contribution in [0.5, 0.6) is 0 Å². The summed E-state index contributed by atoms with van der Waals surface area (Å²) in [6, 6.07) is 7.54. The summed E-state index contributed by atoms with van der Waals surface area (Å²) in [7, 11) is 0. The Hall–Kier alpha value is -1.95. The summed E-state index contributed by atoms with van der Waals surface area (Å²) in [5.41, 5.74) is 1.83. The number of imidazole rings is 1. The minimum Gasteiger partial charge on any atom is -0.344 e. The zero-order valence-electron chi connectivity index (χ0n) is 13.8. The molecule has 0 aliphatic rings. The first kappa shape index (κ1) is 17.4. The van der Waals surface area contributed by atoms with Gasteiger partial charge < -0.3 is 15.6 Å². The van der Waals surface area contributed by atoms with Gasteiger partial charge in [0, 0.05) is 16.8 Å². The van der Waals surface area contributed by atoms with Crippen LogP contribution >= 0.6 is 11.8 Å². The number of nitrogens with one attached hydrogen (secondary N) is 3. The Bertz CT molecular complexity index is 641. The quantitative estimate of drug-likeness (QED) is 0.654. The van der Waals surface area contributed by atoms with Gasteiger partial charge in [0.2, 0.25) is 0 Å². The lowest BCUT2D eigenvalue weighted by molar-refractivity contribution is 0.247. The first-order valence-electron chi connectivity index (χ1n) is 7.94. The van der Waals surface area contributed by atoms with Crippen LogP contribution in [0.4, 0.5) is 10.5 Å². The van der Waals surface area contributed by atoms with E-state index in [0.29, 0.717) is 0 Å². The minimum absolute atomic E-state index is 0.126. The van der Waals surface area contributed by atoms with Gasteiger partial charge in [-0.1, -0.05) is 26.0 Å². The van der Waals surface area contributed by atoms with Gasteiger partial charge in [-0.25, -0.2) is 9.78 Å². The average molecular weight is 332 g/mol. The molecule has 0 bridgehead atoms. The number of urea groups is 1. The number of hydrogen-bond acceptors (Lipinski definition) is 3. The maximum absolute atomic E-state index is 12.3. The van der Waals surface area contributed by atoms with Crippen molar-refractivity contribution in [3.63, 3.8) is 0 Å². The second-order valence-corrected chi connectivity index (χ2v) is 6.49. The first-order chi connectivity index (χ1) is 11.1. The van der Waals surface area contributed by atoms with E-state index in [2.05, 4.69) is 27.5 Å². The molecule has 0 fully saturated rings. The molecule has 2 aromatic rings. The molecule has 0 aliphatic heterocycles. The van der Waals surface area contributed by atoms with Crippen LogP contribution in [0.3, 0.4) is 0 Å². The molecule has 1 aromatic heterocycles. The number of carbonyl (C=O) groups is 1. The van der Waals surface area contributed by atoms with E-state index < -0.39 is 0 Å². The summed E-state index contributed by atoms with van der Waals surface area (Å²) in [6.07, 6.45) is 3.64. The third kappa shape index (κ3) is 5.03. The first-order valence-corrected chi connectivity index (χ1v) is 8.93. The summed E-state index contributed by atoms with van der Waals surface area (Å²) < 4.78 is 0. The SMILES string of the molecule is CCCSc1ccccc1NC(=O)NC(CC)c1ncc(C)[nH]1. The van der Waals surface area contributed by atoms with E-state index in [4.69, 9.17) is 0 Å². The molecule has 2 amide bonds. The van der Waals surface area contributed by atoms with Gasteiger partial charge in [-0.15, -0.1) is 11.8 Å². The normalized spacial score (nSPS) is 12.0. The Labute approximate surface area is 141 Å². The zero-order valence-corrected chi connectivity index (χ0v) is 14.7. The highest BCUT2D eigenvalue weighted by Gasteiger charge is 2.16. The molecule has 0 saturated heterocycles. The van der Waals surface area contributed by atoms with Gasteiger partial charge in [-0.3, -0.25) is 0 Å². The number of hydrogen-bond donors (Lipinski definition) is 3. The summed E-state index contributed by atoms with van der Waals surface area (Å²) in [4.78, 5) is 20.9. The number of amides is 2. The number of aromatic nitrogens is 2. The molecule has 23 heavy (non-hydrogen) atoms. The fraction of sp³-hybridized carbons (Fsp3) is 0.412. The van der Waals surface area contributed by atoms with Gasteiger partial charge in [0.25, 0.3) is 0 Å². The van der Waals surface area contributed by atoms with Crippen LogP contribution in [0.15, 0.2) is 35.4 Å². The molecule has 0 saturated carbocycles. The topological polar surface area (TPSA) is 69.8 Å². The van der Waals surface area contributed by atoms with Crippen molar-refractivity contribution in [1.82, 2.24) is 15.3 Å². The molecule has 3 N–H and O–H groups in total. The predicted octanol–water partition coefficient (Wildman–Crippen LogP) is 4.49. The molecule has 1 atom stereocenters. The standard InChI is InChI=1S/C17H24N4OS/c1-4-10-23-15-9-7-6-8-14(15)21-17(22)20-13(5-2)16-18-11-12(3)19-16/h6-9,11,13H,4-5,10H2,1-3H3,(H,18,19)(H2,20,21,22). The molecule has 5 nitrogen and oxygen atoms in total. The molecular weight excluding hydrogens is 308 g/mol. The maximum atomic E-state index is 12.3. The van der Waals surface area contributed by atoms with E-state index in [1.807, 2.05) is 38.1 Å². The molecular formula is C17H24N4OS. The van der Waals surface area contributed by atoms with E-state index >= 15 is 0 Å². The maximum Gasteiger partial charge on any atom is 0.319 e. The van der Waals surface area contributed by atoms with Crippen LogP contribution in [0.25, 0.3) is 0 Å². The Morgan fingerprint density at radius 3 is 2.78 bits per heavy atom. The Morgan fingerprint density at radius 2 is 2.13 bits per heavy atom. The third-order valence-corrected chi connectivity index (χ3v) is 4.64. The number of carbonyl (C=O) groups excluding carboxylic acids is 1. The number of rotatable bonds is 7. The molecule has 6 heteroatoms. The van der Waals surface area contributed by atoms with Crippen LogP contribution in [-0.2, 0) is 0 Å². The van der Waals surface area contributed by atoms with Crippen molar-refractivity contribution in [1.29, 1.82) is 0 Å². The summed E-state index contributed by atoms with van der Waals surface area (Å²) in [5.74, 6) is 1.82. The van der Waals surface area contributed by atoms with E-state index in [1.165, 1.54) is 0 Å². The summed E-state index contributed by atoms with van der Waals surface area (Å²) in [5, 5.41) is 5.92. The van der Waals surface area contributed by atoms with E-state index in [1.54, 1.807) is 18.0 Å². The fourth-order valence-corrected chi connectivity index (χ4v) is 3.07. The second-order valence-electron chi connectivity index (χ2n) is 5.36. The van der Waals surface area contributed by atoms with Crippen molar-refractivity contribution in [2.24, 2.45) is 0 Å². The number of anilines is 1. The molecule has 1 aromatic carbocycles. The van der Waals surface area contributed by atoms with Crippen molar-refractivity contribution >= 4 is 23.5 Å². The number of benzene rings is 1. The number of H-pyrrole nitrogens is 1. The van der Waals surface area contributed by atoms with Gasteiger partial charge in [-0.05, 0) is 37.7 Å². The van der Waals surface area contributed by atoms with Crippen molar-refractivity contribution in [2.75, 3.05) is 11.1 Å². The zero-order chi connectivity index (χ0) is 16.7. The summed E-state index contributed by atoms with van der Waals surface area (Å²) in [6.45, 7) is 6.12. The lowest BCUT2D eigenvalue weighted by Crippen LogP contribution is -2.33. The Balaban J connectivity index is 2.01. The largest absolute Gasteiger partial charge is 0.344 e. The van der Waals surface area contributed by atoms with Crippen molar-refractivity contribution in [3.05, 3.63) is 42.0 Å². The van der Waals surface area contributed by atoms with E-state index in [9.17, 15) is 4.79 Å². The molecule has 124 valence electrons.